The normalized spacial score (nSPS) is 11.9. The van der Waals surface area contributed by atoms with Crippen LogP contribution in [0.1, 0.15) is 33.0 Å². The number of thioether (sulfide) groups is 1. The first-order valence-electron chi connectivity index (χ1n) is 10.6. The van der Waals surface area contributed by atoms with E-state index in [9.17, 15) is 13.2 Å². The molecular formula is C22H29N5O3S2. The molecule has 0 radical (unpaired) electrons. The Balaban J connectivity index is 1.78. The molecule has 0 aliphatic heterocycles. The highest BCUT2D eigenvalue weighted by Crippen LogP contribution is 2.24. The molecule has 3 rings (SSSR count). The van der Waals surface area contributed by atoms with Gasteiger partial charge in [-0.05, 0) is 43.5 Å². The first-order chi connectivity index (χ1) is 15.3. The van der Waals surface area contributed by atoms with Crippen molar-refractivity contribution in [3.05, 3.63) is 42.4 Å². The molecular weight excluding hydrogens is 446 g/mol. The van der Waals surface area contributed by atoms with Crippen LogP contribution in [-0.4, -0.2) is 52.5 Å². The third kappa shape index (κ3) is 5.13. The Kier molecular flexibility index (Phi) is 7.91. The minimum Gasteiger partial charge on any atom is -0.328 e. The van der Waals surface area contributed by atoms with Crippen molar-refractivity contribution in [2.45, 2.75) is 50.1 Å². The first kappa shape index (κ1) is 24.2. The lowest BCUT2D eigenvalue weighted by Crippen LogP contribution is -2.30. The number of hydrogen-bond donors (Lipinski definition) is 1. The Hall–Kier alpha value is -2.43. The molecule has 2 heterocycles. The number of hydrogen-bond acceptors (Lipinski definition) is 6. The number of nitrogens with zero attached hydrogens (tertiary/aromatic N) is 4. The zero-order valence-corrected chi connectivity index (χ0v) is 20.5. The summed E-state index contributed by atoms with van der Waals surface area (Å²) < 4.78 is 29.2. The summed E-state index contributed by atoms with van der Waals surface area (Å²) in [6.07, 6.45) is 4.30. The molecule has 2 aromatic heterocycles. The number of carbonyl (C=O) groups excluding carboxylic acids is 1. The predicted molar refractivity (Wildman–Crippen MR) is 128 cm³/mol. The van der Waals surface area contributed by atoms with Gasteiger partial charge in [-0.3, -0.25) is 4.79 Å². The van der Waals surface area contributed by atoms with Crippen molar-refractivity contribution < 1.29 is 13.2 Å². The van der Waals surface area contributed by atoms with Gasteiger partial charge in [-0.15, -0.1) is 11.8 Å². The zero-order chi connectivity index (χ0) is 23.3. The second-order valence-electron chi connectivity index (χ2n) is 7.15. The maximum atomic E-state index is 12.9. The molecule has 8 nitrogen and oxygen atoms in total. The molecule has 3 aromatic rings. The van der Waals surface area contributed by atoms with E-state index in [0.29, 0.717) is 37.3 Å². The molecule has 0 aliphatic rings. The van der Waals surface area contributed by atoms with Crippen molar-refractivity contribution in [2.24, 2.45) is 0 Å². The zero-order valence-electron chi connectivity index (χ0n) is 18.8. The fourth-order valence-corrected chi connectivity index (χ4v) is 5.44. The van der Waals surface area contributed by atoms with E-state index in [2.05, 4.69) is 15.3 Å². The number of imidazole rings is 1. The van der Waals surface area contributed by atoms with Gasteiger partial charge in [-0.25, -0.2) is 18.4 Å². The monoisotopic (exact) mass is 475 g/mol. The Morgan fingerprint density at radius 1 is 1.16 bits per heavy atom. The highest BCUT2D eigenvalue weighted by Gasteiger charge is 2.23. The highest BCUT2D eigenvalue weighted by atomic mass is 32.2. The van der Waals surface area contributed by atoms with E-state index in [1.807, 2.05) is 43.7 Å². The van der Waals surface area contributed by atoms with Crippen LogP contribution in [0.5, 0.6) is 0 Å². The number of carbonyl (C=O) groups is 1. The van der Waals surface area contributed by atoms with E-state index in [4.69, 9.17) is 0 Å². The molecule has 0 aliphatic carbocycles. The maximum absolute atomic E-state index is 12.9. The molecule has 0 saturated carbocycles. The van der Waals surface area contributed by atoms with Gasteiger partial charge in [0.2, 0.25) is 15.9 Å². The Morgan fingerprint density at radius 2 is 1.91 bits per heavy atom. The van der Waals surface area contributed by atoms with Crippen LogP contribution in [0, 0.1) is 0 Å². The summed E-state index contributed by atoms with van der Waals surface area (Å²) in [6, 6.07) is 8.74. The Morgan fingerprint density at radius 3 is 2.50 bits per heavy atom. The van der Waals surface area contributed by atoms with Gasteiger partial charge in [0, 0.05) is 32.5 Å². The summed E-state index contributed by atoms with van der Waals surface area (Å²) in [5, 5.41) is 3.75. The third-order valence-electron chi connectivity index (χ3n) is 5.26. The summed E-state index contributed by atoms with van der Waals surface area (Å²) in [4.78, 5) is 21.6. The number of pyridine rings is 1. The van der Waals surface area contributed by atoms with Gasteiger partial charge in [0.15, 0.2) is 0 Å². The standard InChI is InChI=1S/C22H29N5O3S2/c1-5-26(6-2)32(29,30)17-9-10-19-18(14-17)25-20(27(19)7-3)11-12-21(28)24-16-8-13-22(31-4)23-15-16/h8-10,13-15H,5-7,11-12H2,1-4H3,(H,24,28). The van der Waals surface area contributed by atoms with Gasteiger partial charge in [0.1, 0.15) is 5.82 Å². The van der Waals surface area contributed by atoms with E-state index >= 15 is 0 Å². The van der Waals surface area contributed by atoms with Crippen molar-refractivity contribution in [3.63, 3.8) is 0 Å². The van der Waals surface area contributed by atoms with Crippen molar-refractivity contribution in [2.75, 3.05) is 24.7 Å². The highest BCUT2D eigenvalue weighted by molar-refractivity contribution is 7.98. The molecule has 10 heteroatoms. The molecule has 0 unspecified atom stereocenters. The first-order valence-corrected chi connectivity index (χ1v) is 13.3. The fourth-order valence-electron chi connectivity index (χ4n) is 3.60. The molecule has 0 saturated heterocycles. The number of aryl methyl sites for hydroxylation is 2. The van der Waals surface area contributed by atoms with Crippen molar-refractivity contribution in [1.29, 1.82) is 0 Å². The van der Waals surface area contributed by atoms with Crippen molar-refractivity contribution >= 4 is 44.4 Å². The van der Waals surface area contributed by atoms with Crippen LogP contribution in [0.15, 0.2) is 46.5 Å². The molecule has 32 heavy (non-hydrogen) atoms. The van der Waals surface area contributed by atoms with Crippen LogP contribution < -0.4 is 5.32 Å². The van der Waals surface area contributed by atoms with Crippen molar-refractivity contribution in [1.82, 2.24) is 18.8 Å². The summed E-state index contributed by atoms with van der Waals surface area (Å²) in [6.45, 7) is 7.15. The number of benzene rings is 1. The topological polar surface area (TPSA) is 97.2 Å². The smallest absolute Gasteiger partial charge is 0.243 e. The third-order valence-corrected chi connectivity index (χ3v) is 7.97. The quantitative estimate of drug-likeness (QED) is 0.448. The second-order valence-corrected chi connectivity index (χ2v) is 9.91. The van der Waals surface area contributed by atoms with E-state index in [0.717, 1.165) is 16.4 Å². The molecule has 172 valence electrons. The maximum Gasteiger partial charge on any atom is 0.243 e. The van der Waals surface area contributed by atoms with Gasteiger partial charge in [-0.1, -0.05) is 13.8 Å². The number of rotatable bonds is 10. The summed E-state index contributed by atoms with van der Waals surface area (Å²) in [5.41, 5.74) is 2.13. The van der Waals surface area contributed by atoms with Crippen LogP contribution in [0.2, 0.25) is 0 Å². The Labute approximate surface area is 193 Å². The predicted octanol–water partition coefficient (Wildman–Crippen LogP) is 3.77. The average Bonchev–Trinajstić information content (AvgIpc) is 3.15. The molecule has 0 atom stereocenters. The summed E-state index contributed by atoms with van der Waals surface area (Å²) >= 11 is 1.54. The lowest BCUT2D eigenvalue weighted by molar-refractivity contribution is -0.116. The van der Waals surface area contributed by atoms with E-state index in [1.165, 1.54) is 4.31 Å². The van der Waals surface area contributed by atoms with E-state index in [-0.39, 0.29) is 17.2 Å². The molecule has 0 spiro atoms. The van der Waals surface area contributed by atoms with E-state index in [1.54, 1.807) is 36.2 Å². The molecule has 0 bridgehead atoms. The van der Waals surface area contributed by atoms with Gasteiger partial charge >= 0.3 is 0 Å². The lowest BCUT2D eigenvalue weighted by atomic mass is 10.2. The second kappa shape index (κ2) is 10.5. The summed E-state index contributed by atoms with van der Waals surface area (Å²) in [5.74, 6) is 0.633. The number of nitrogens with one attached hydrogen (secondary N) is 1. The van der Waals surface area contributed by atoms with Gasteiger partial charge in [0.25, 0.3) is 0 Å². The minimum atomic E-state index is -3.56. The SMILES string of the molecule is CCN(CC)S(=O)(=O)c1ccc2c(c1)nc(CCC(=O)Nc1ccc(SC)nc1)n2CC. The number of fused-ring (bicyclic) bond motifs is 1. The largest absolute Gasteiger partial charge is 0.328 e. The lowest BCUT2D eigenvalue weighted by Gasteiger charge is -2.18. The van der Waals surface area contributed by atoms with Crippen LogP contribution >= 0.6 is 11.8 Å². The van der Waals surface area contributed by atoms with Gasteiger partial charge in [-0.2, -0.15) is 4.31 Å². The van der Waals surface area contributed by atoms with Crippen LogP contribution in [-0.2, 0) is 27.8 Å². The average molecular weight is 476 g/mol. The minimum absolute atomic E-state index is 0.122. The Bertz CT molecular complexity index is 1190. The molecule has 1 N–H and O–H groups in total. The number of sulfonamides is 1. The number of aromatic nitrogens is 3. The van der Waals surface area contributed by atoms with Crippen molar-refractivity contribution in [3.8, 4) is 0 Å². The summed E-state index contributed by atoms with van der Waals surface area (Å²) in [7, 11) is -3.56. The van der Waals surface area contributed by atoms with E-state index < -0.39 is 10.0 Å². The number of anilines is 1. The number of amides is 1. The van der Waals surface area contributed by atoms with Crippen LogP contribution in [0.3, 0.4) is 0 Å². The fraction of sp³-hybridized carbons (Fsp3) is 0.409. The van der Waals surface area contributed by atoms with Gasteiger partial charge < -0.3 is 9.88 Å². The molecule has 1 aromatic carbocycles. The molecule has 1 amide bonds. The van der Waals surface area contributed by atoms with Crippen LogP contribution in [0.25, 0.3) is 11.0 Å². The van der Waals surface area contributed by atoms with Crippen LogP contribution in [0.4, 0.5) is 5.69 Å². The molecule has 0 fully saturated rings. The van der Waals surface area contributed by atoms with Gasteiger partial charge in [0.05, 0.1) is 32.8 Å².